The lowest BCUT2D eigenvalue weighted by Crippen LogP contribution is -2.16. The summed E-state index contributed by atoms with van der Waals surface area (Å²) in [5.41, 5.74) is -0.216. The van der Waals surface area contributed by atoms with Crippen LogP contribution in [0.2, 0.25) is 5.02 Å². The van der Waals surface area contributed by atoms with Crippen molar-refractivity contribution < 1.29 is 22.7 Å². The average molecular weight is 471 g/mol. The second-order valence-corrected chi connectivity index (χ2v) is 7.67. The Kier molecular flexibility index (Phi) is 7.11. The Labute approximate surface area is 185 Å². The summed E-state index contributed by atoms with van der Waals surface area (Å²) >= 11 is 7.03. The first-order chi connectivity index (χ1) is 14.7. The fourth-order valence-electron chi connectivity index (χ4n) is 2.71. The van der Waals surface area contributed by atoms with Gasteiger partial charge in [-0.05, 0) is 56.3 Å². The maximum absolute atomic E-state index is 12.9. The maximum atomic E-state index is 12.9. The zero-order valence-corrected chi connectivity index (χ0v) is 18.1. The van der Waals surface area contributed by atoms with E-state index in [-0.39, 0.29) is 16.5 Å². The summed E-state index contributed by atoms with van der Waals surface area (Å²) in [5, 5.41) is 11.0. The van der Waals surface area contributed by atoms with Crippen LogP contribution in [0.3, 0.4) is 0 Å². The van der Waals surface area contributed by atoms with E-state index in [4.69, 9.17) is 16.3 Å². The minimum absolute atomic E-state index is 0.0137. The summed E-state index contributed by atoms with van der Waals surface area (Å²) in [7, 11) is 0. The van der Waals surface area contributed by atoms with E-state index >= 15 is 0 Å². The fraction of sp³-hybridized carbons (Fsp3) is 0.250. The van der Waals surface area contributed by atoms with Gasteiger partial charge in [0.15, 0.2) is 5.16 Å². The minimum Gasteiger partial charge on any atom is -0.494 e. The lowest BCUT2D eigenvalue weighted by Gasteiger charge is -2.12. The van der Waals surface area contributed by atoms with Gasteiger partial charge in [0, 0.05) is 5.69 Å². The first-order valence-corrected chi connectivity index (χ1v) is 10.5. The highest BCUT2D eigenvalue weighted by molar-refractivity contribution is 7.99. The third-order valence-electron chi connectivity index (χ3n) is 4.10. The number of carbonyl (C=O) groups is 1. The molecule has 0 bridgehead atoms. The van der Waals surface area contributed by atoms with E-state index < -0.39 is 17.6 Å². The maximum Gasteiger partial charge on any atom is 0.416 e. The van der Waals surface area contributed by atoms with Gasteiger partial charge in [0.25, 0.3) is 0 Å². The van der Waals surface area contributed by atoms with Crippen LogP contribution in [0, 0.1) is 6.92 Å². The second-order valence-electron chi connectivity index (χ2n) is 6.32. The van der Waals surface area contributed by atoms with Crippen molar-refractivity contribution >= 4 is 35.0 Å². The minimum atomic E-state index is -4.54. The van der Waals surface area contributed by atoms with Crippen molar-refractivity contribution in [3.63, 3.8) is 0 Å². The van der Waals surface area contributed by atoms with Crippen LogP contribution in [0.4, 0.5) is 18.9 Å². The van der Waals surface area contributed by atoms with Crippen LogP contribution < -0.4 is 10.1 Å². The first kappa shape index (κ1) is 23.0. The Balaban J connectivity index is 1.71. The molecule has 0 atom stereocenters. The van der Waals surface area contributed by atoms with Crippen LogP contribution in [0.15, 0.2) is 47.6 Å². The average Bonchev–Trinajstić information content (AvgIpc) is 3.08. The molecule has 0 radical (unpaired) electrons. The van der Waals surface area contributed by atoms with Gasteiger partial charge in [-0.15, -0.1) is 10.2 Å². The number of benzene rings is 2. The van der Waals surface area contributed by atoms with E-state index in [1.807, 2.05) is 31.2 Å². The van der Waals surface area contributed by atoms with Gasteiger partial charge in [-0.2, -0.15) is 13.2 Å². The zero-order valence-electron chi connectivity index (χ0n) is 16.5. The molecule has 0 saturated carbocycles. The summed E-state index contributed by atoms with van der Waals surface area (Å²) in [6.45, 7) is 4.22. The molecule has 0 unspecified atom stereocenters. The van der Waals surface area contributed by atoms with Gasteiger partial charge in [0.2, 0.25) is 5.91 Å². The number of alkyl halides is 3. The van der Waals surface area contributed by atoms with Gasteiger partial charge in [-0.25, -0.2) is 0 Å². The summed E-state index contributed by atoms with van der Waals surface area (Å²) < 4.78 is 45.9. The molecule has 0 fully saturated rings. The Morgan fingerprint density at radius 3 is 2.55 bits per heavy atom. The number of ether oxygens (including phenoxy) is 1. The lowest BCUT2D eigenvalue weighted by atomic mass is 10.2. The van der Waals surface area contributed by atoms with Crippen molar-refractivity contribution in [2.24, 2.45) is 0 Å². The van der Waals surface area contributed by atoms with Crippen LogP contribution in [0.1, 0.15) is 18.3 Å². The number of nitrogens with one attached hydrogen (secondary N) is 1. The molecule has 1 aromatic heterocycles. The van der Waals surface area contributed by atoms with E-state index in [9.17, 15) is 18.0 Å². The molecule has 1 heterocycles. The normalized spacial score (nSPS) is 11.4. The standard InChI is InChI=1S/C20H18ClF3N4O2S/c1-3-30-15-7-5-14(6-8-15)28-12(2)26-27-19(28)31-11-18(29)25-17-10-13(20(22,23)24)4-9-16(17)21/h4-10H,3,11H2,1-2H3,(H,25,29). The number of amides is 1. The van der Waals surface area contributed by atoms with Gasteiger partial charge in [-0.1, -0.05) is 23.4 Å². The van der Waals surface area contributed by atoms with Crippen LogP contribution in [-0.2, 0) is 11.0 Å². The van der Waals surface area contributed by atoms with Crippen molar-refractivity contribution in [1.29, 1.82) is 0 Å². The molecule has 0 aliphatic heterocycles. The molecule has 11 heteroatoms. The molecule has 31 heavy (non-hydrogen) atoms. The number of nitrogens with zero attached hydrogens (tertiary/aromatic N) is 3. The molecule has 0 aliphatic carbocycles. The van der Waals surface area contributed by atoms with Crippen molar-refractivity contribution in [3.05, 3.63) is 58.9 Å². The topological polar surface area (TPSA) is 69.0 Å². The van der Waals surface area contributed by atoms with Crippen molar-refractivity contribution in [2.75, 3.05) is 17.7 Å². The number of rotatable bonds is 7. The summed E-state index contributed by atoms with van der Waals surface area (Å²) in [4.78, 5) is 12.3. The second kappa shape index (κ2) is 9.61. The van der Waals surface area contributed by atoms with Gasteiger partial charge in [0.1, 0.15) is 11.6 Å². The number of anilines is 1. The largest absolute Gasteiger partial charge is 0.494 e. The molecule has 0 aliphatic rings. The van der Waals surface area contributed by atoms with E-state index in [0.29, 0.717) is 17.6 Å². The number of hydrogen-bond donors (Lipinski definition) is 1. The molecule has 164 valence electrons. The predicted molar refractivity (Wildman–Crippen MR) is 113 cm³/mol. The fourth-order valence-corrected chi connectivity index (χ4v) is 3.67. The monoisotopic (exact) mass is 470 g/mol. The highest BCUT2D eigenvalue weighted by atomic mass is 35.5. The summed E-state index contributed by atoms with van der Waals surface area (Å²) in [6.07, 6.45) is -4.54. The van der Waals surface area contributed by atoms with Crippen LogP contribution in [0.25, 0.3) is 5.69 Å². The van der Waals surface area contributed by atoms with Gasteiger partial charge >= 0.3 is 6.18 Å². The smallest absolute Gasteiger partial charge is 0.416 e. The number of aryl methyl sites for hydroxylation is 1. The molecular weight excluding hydrogens is 453 g/mol. The third-order valence-corrected chi connectivity index (χ3v) is 5.36. The molecular formula is C20H18ClF3N4O2S. The van der Waals surface area contributed by atoms with Crippen molar-refractivity contribution in [2.45, 2.75) is 25.2 Å². The van der Waals surface area contributed by atoms with E-state index in [0.717, 1.165) is 41.4 Å². The number of halogens is 4. The Hall–Kier alpha value is -2.72. The Bertz CT molecular complexity index is 1070. The van der Waals surface area contributed by atoms with E-state index in [2.05, 4.69) is 15.5 Å². The third kappa shape index (κ3) is 5.71. The predicted octanol–water partition coefficient (Wildman–Crippen LogP) is 5.38. The number of aromatic nitrogens is 3. The van der Waals surface area contributed by atoms with Crippen molar-refractivity contribution in [1.82, 2.24) is 14.8 Å². The van der Waals surface area contributed by atoms with Crippen LogP contribution in [-0.4, -0.2) is 33.0 Å². The zero-order chi connectivity index (χ0) is 22.6. The number of hydrogen-bond acceptors (Lipinski definition) is 5. The Morgan fingerprint density at radius 1 is 1.19 bits per heavy atom. The highest BCUT2D eigenvalue weighted by Gasteiger charge is 2.31. The van der Waals surface area contributed by atoms with Crippen molar-refractivity contribution in [3.8, 4) is 11.4 Å². The highest BCUT2D eigenvalue weighted by Crippen LogP contribution is 2.34. The molecule has 0 saturated heterocycles. The van der Waals surface area contributed by atoms with Crippen LogP contribution in [0.5, 0.6) is 5.75 Å². The van der Waals surface area contributed by atoms with E-state index in [1.54, 1.807) is 11.5 Å². The number of carbonyl (C=O) groups excluding carboxylic acids is 1. The van der Waals surface area contributed by atoms with Gasteiger partial charge in [-0.3, -0.25) is 9.36 Å². The Morgan fingerprint density at radius 2 is 1.90 bits per heavy atom. The molecule has 1 amide bonds. The van der Waals surface area contributed by atoms with Gasteiger partial charge in [0.05, 0.1) is 28.6 Å². The SMILES string of the molecule is CCOc1ccc(-n2c(C)nnc2SCC(=O)Nc2cc(C(F)(F)F)ccc2Cl)cc1. The quantitative estimate of drug-likeness (QED) is 0.470. The van der Waals surface area contributed by atoms with E-state index in [1.165, 1.54) is 0 Å². The summed E-state index contributed by atoms with van der Waals surface area (Å²) in [6, 6.07) is 10.1. The molecule has 1 N–H and O–H groups in total. The first-order valence-electron chi connectivity index (χ1n) is 9.13. The van der Waals surface area contributed by atoms with Gasteiger partial charge < -0.3 is 10.1 Å². The van der Waals surface area contributed by atoms with Crippen LogP contribution >= 0.6 is 23.4 Å². The molecule has 2 aromatic carbocycles. The molecule has 3 aromatic rings. The molecule has 0 spiro atoms. The summed E-state index contributed by atoms with van der Waals surface area (Å²) in [5.74, 6) is 0.725. The lowest BCUT2D eigenvalue weighted by molar-refractivity contribution is -0.137. The molecule has 3 rings (SSSR count). The number of thioether (sulfide) groups is 1. The molecule has 6 nitrogen and oxygen atoms in total.